The van der Waals surface area contributed by atoms with Crippen LogP contribution in [-0.4, -0.2) is 0 Å². The van der Waals surface area contributed by atoms with E-state index in [1.165, 1.54) is 32.7 Å². The van der Waals surface area contributed by atoms with E-state index in [-0.39, 0.29) is 5.41 Å². The van der Waals surface area contributed by atoms with Crippen molar-refractivity contribution in [3.05, 3.63) is 144 Å². The van der Waals surface area contributed by atoms with Gasteiger partial charge in [0.15, 0.2) is 0 Å². The molecule has 1 spiro atoms. The van der Waals surface area contributed by atoms with E-state index in [9.17, 15) is 2.74 Å². The standard InChI is InChI=1S/C37H28/c1-3-7-29-21-31(13-9-25(29)5-1)33-15-11-27-17-19-37(35(27)23-33)20-18-28-12-16-34(24-36(28)37)32-14-10-26-6-2-4-8-30(26)22-32/h1-16,21-24H,17-20H2/i23D,24D. The number of hydrogen-bond donors (Lipinski definition) is 0. The molecule has 0 fully saturated rings. The summed E-state index contributed by atoms with van der Waals surface area (Å²) < 4.78 is 19.0. The molecule has 6 aromatic rings. The van der Waals surface area contributed by atoms with Crippen molar-refractivity contribution in [2.75, 3.05) is 0 Å². The average Bonchev–Trinajstić information content (AvgIpc) is 3.55. The molecule has 0 nitrogen and oxygen atoms in total. The van der Waals surface area contributed by atoms with Crippen LogP contribution in [0.25, 0.3) is 43.8 Å². The lowest BCUT2D eigenvalue weighted by molar-refractivity contribution is 0.507. The first-order chi connectivity index (χ1) is 19.1. The van der Waals surface area contributed by atoms with Gasteiger partial charge in [0.25, 0.3) is 0 Å². The molecule has 176 valence electrons. The maximum absolute atomic E-state index is 9.52. The van der Waals surface area contributed by atoms with Crippen LogP contribution in [0.15, 0.2) is 121 Å². The molecule has 0 aliphatic heterocycles. The summed E-state index contributed by atoms with van der Waals surface area (Å²) >= 11 is 0. The lowest BCUT2D eigenvalue weighted by Gasteiger charge is -2.27. The highest BCUT2D eigenvalue weighted by molar-refractivity contribution is 5.88. The maximum Gasteiger partial charge on any atom is 0.0633 e. The Labute approximate surface area is 221 Å². The summed E-state index contributed by atoms with van der Waals surface area (Å²) in [6.45, 7) is 0. The van der Waals surface area contributed by atoms with Crippen LogP contribution in [0.5, 0.6) is 0 Å². The predicted molar refractivity (Wildman–Crippen MR) is 156 cm³/mol. The molecule has 0 radical (unpaired) electrons. The molecule has 2 aliphatic carbocycles. The van der Waals surface area contributed by atoms with Crippen molar-refractivity contribution in [3.63, 3.8) is 0 Å². The molecule has 0 bridgehead atoms. The number of rotatable bonds is 2. The normalized spacial score (nSPS) is 16.1. The molecule has 6 aromatic carbocycles. The van der Waals surface area contributed by atoms with Gasteiger partial charge in [0, 0.05) is 5.41 Å². The van der Waals surface area contributed by atoms with Crippen molar-refractivity contribution in [2.24, 2.45) is 0 Å². The van der Waals surface area contributed by atoms with Crippen molar-refractivity contribution in [2.45, 2.75) is 31.1 Å². The summed E-state index contributed by atoms with van der Waals surface area (Å²) in [6.07, 6.45) is 3.90. The van der Waals surface area contributed by atoms with Gasteiger partial charge in [-0.25, -0.2) is 0 Å². The zero-order chi connectivity index (χ0) is 26.1. The van der Waals surface area contributed by atoms with Crippen molar-refractivity contribution < 1.29 is 2.74 Å². The van der Waals surface area contributed by atoms with Gasteiger partial charge in [0.05, 0.1) is 2.74 Å². The van der Waals surface area contributed by atoms with Crippen LogP contribution in [0.4, 0.5) is 0 Å². The van der Waals surface area contributed by atoms with E-state index in [1.54, 1.807) is 0 Å². The molecular weight excluding hydrogens is 444 g/mol. The first-order valence-corrected chi connectivity index (χ1v) is 13.4. The van der Waals surface area contributed by atoms with E-state index in [0.717, 1.165) is 59.1 Å². The molecule has 2 aliphatic rings. The van der Waals surface area contributed by atoms with E-state index >= 15 is 0 Å². The number of hydrogen-bond acceptors (Lipinski definition) is 0. The minimum Gasteiger partial charge on any atom is -0.0616 e. The summed E-state index contributed by atoms with van der Waals surface area (Å²) in [4.78, 5) is 0. The number of benzene rings is 6. The third-order valence-electron chi connectivity index (χ3n) is 8.78. The first kappa shape index (κ1) is 19.0. The van der Waals surface area contributed by atoms with Gasteiger partial charge in [-0.3, -0.25) is 0 Å². The van der Waals surface area contributed by atoms with E-state index in [2.05, 4.69) is 109 Å². The highest BCUT2D eigenvalue weighted by Gasteiger charge is 2.44. The molecule has 0 unspecified atom stereocenters. The second-order valence-electron chi connectivity index (χ2n) is 10.8. The number of aryl methyl sites for hydroxylation is 2. The van der Waals surface area contributed by atoms with Crippen LogP contribution >= 0.6 is 0 Å². The molecule has 0 heteroatoms. The molecule has 0 aromatic heterocycles. The van der Waals surface area contributed by atoms with Gasteiger partial charge in [-0.15, -0.1) is 0 Å². The van der Waals surface area contributed by atoms with E-state index in [4.69, 9.17) is 0 Å². The quantitative estimate of drug-likeness (QED) is 0.234. The maximum atomic E-state index is 9.52. The number of fused-ring (bicyclic) bond motifs is 6. The lowest BCUT2D eigenvalue weighted by atomic mass is 9.75. The average molecular weight is 475 g/mol. The molecule has 8 rings (SSSR count). The molecular formula is C37H28. The lowest BCUT2D eigenvalue weighted by Crippen LogP contribution is -2.21. The second kappa shape index (κ2) is 7.92. The van der Waals surface area contributed by atoms with Crippen LogP contribution in [0.1, 0.15) is 37.8 Å². The minimum absolute atomic E-state index is 0.251. The van der Waals surface area contributed by atoms with Crippen LogP contribution in [0.2, 0.25) is 0 Å². The third kappa shape index (κ3) is 3.22. The fourth-order valence-electron chi connectivity index (χ4n) is 6.81. The van der Waals surface area contributed by atoms with Gasteiger partial charge in [-0.05, 0) is 116 Å². The minimum atomic E-state index is -0.251. The topological polar surface area (TPSA) is 0 Å². The zero-order valence-electron chi connectivity index (χ0n) is 22.7. The van der Waals surface area contributed by atoms with Crippen molar-refractivity contribution in [1.29, 1.82) is 0 Å². The van der Waals surface area contributed by atoms with Crippen LogP contribution < -0.4 is 0 Å². The first-order valence-electron chi connectivity index (χ1n) is 14.4. The van der Waals surface area contributed by atoms with E-state index in [0.29, 0.717) is 12.1 Å². The van der Waals surface area contributed by atoms with Gasteiger partial charge >= 0.3 is 0 Å². The van der Waals surface area contributed by atoms with Crippen molar-refractivity contribution in [3.8, 4) is 22.3 Å². The molecule has 0 amide bonds. The SMILES string of the molecule is [2H]c1c(-c2ccc3ccccc3c2)ccc2c1C1(CC2)CCc2ccc(-c3ccc4ccccc4c3)c([2H])c21. The summed E-state index contributed by atoms with van der Waals surface area (Å²) in [6, 6.07) is 40.0. The summed E-state index contributed by atoms with van der Waals surface area (Å²) in [5, 5.41) is 4.83. The fraction of sp³-hybridized carbons (Fsp3) is 0.135. The van der Waals surface area contributed by atoms with Crippen LogP contribution in [0, 0.1) is 0 Å². The summed E-state index contributed by atoms with van der Waals surface area (Å²) in [5.41, 5.74) is 8.82. The third-order valence-corrected chi connectivity index (χ3v) is 8.78. The largest absolute Gasteiger partial charge is 0.0633 e. The second-order valence-corrected chi connectivity index (χ2v) is 10.8. The molecule has 0 atom stereocenters. The van der Waals surface area contributed by atoms with Crippen molar-refractivity contribution >= 4 is 21.5 Å². The monoisotopic (exact) mass is 474 g/mol. The Kier molecular flexibility index (Phi) is 4.07. The molecule has 0 saturated carbocycles. The molecule has 0 saturated heterocycles. The van der Waals surface area contributed by atoms with Crippen LogP contribution in [0.3, 0.4) is 0 Å². The van der Waals surface area contributed by atoms with Gasteiger partial charge < -0.3 is 0 Å². The molecule has 37 heavy (non-hydrogen) atoms. The van der Waals surface area contributed by atoms with Crippen LogP contribution in [-0.2, 0) is 18.3 Å². The Balaban J connectivity index is 1.30. The van der Waals surface area contributed by atoms with Gasteiger partial charge in [-0.2, -0.15) is 0 Å². The Morgan fingerprint density at radius 2 is 0.892 bits per heavy atom. The highest BCUT2D eigenvalue weighted by atomic mass is 14.5. The van der Waals surface area contributed by atoms with E-state index in [1.807, 2.05) is 0 Å². The zero-order valence-corrected chi connectivity index (χ0v) is 20.7. The Bertz CT molecular complexity index is 1810. The predicted octanol–water partition coefficient (Wildman–Crippen LogP) is 9.51. The van der Waals surface area contributed by atoms with Gasteiger partial charge in [0.1, 0.15) is 0 Å². The fourth-order valence-corrected chi connectivity index (χ4v) is 6.81. The molecule has 0 heterocycles. The molecule has 0 N–H and O–H groups in total. The Morgan fingerprint density at radius 3 is 1.38 bits per heavy atom. The van der Waals surface area contributed by atoms with E-state index < -0.39 is 0 Å². The smallest absolute Gasteiger partial charge is 0.0616 e. The summed E-state index contributed by atoms with van der Waals surface area (Å²) in [7, 11) is 0. The Hall–Kier alpha value is -4.16. The van der Waals surface area contributed by atoms with Gasteiger partial charge in [-0.1, -0.05) is 97.1 Å². The van der Waals surface area contributed by atoms with Gasteiger partial charge in [0.2, 0.25) is 0 Å². The Morgan fingerprint density at radius 1 is 0.459 bits per heavy atom. The highest BCUT2D eigenvalue weighted by Crippen LogP contribution is 2.53. The van der Waals surface area contributed by atoms with Crippen molar-refractivity contribution in [1.82, 2.24) is 0 Å². The summed E-state index contributed by atoms with van der Waals surface area (Å²) in [5.74, 6) is 0.